The third-order valence-electron chi connectivity index (χ3n) is 3.77. The molecule has 19 heavy (non-hydrogen) atoms. The maximum Gasteiger partial charge on any atom is 0.273 e. The third-order valence-corrected chi connectivity index (χ3v) is 3.77. The number of aromatic nitrogens is 3. The molecule has 2 aromatic heterocycles. The number of rotatable bonds is 1. The van der Waals surface area contributed by atoms with Gasteiger partial charge in [-0.1, -0.05) is 12.4 Å². The van der Waals surface area contributed by atoms with Crippen molar-refractivity contribution in [3.05, 3.63) is 35.7 Å². The van der Waals surface area contributed by atoms with Crippen LogP contribution in [0.15, 0.2) is 24.4 Å². The minimum Gasteiger partial charge on any atom is -0.269 e. The summed E-state index contributed by atoms with van der Waals surface area (Å²) in [6.45, 7) is 3.11. The van der Waals surface area contributed by atoms with E-state index in [1.54, 1.807) is 6.20 Å². The van der Waals surface area contributed by atoms with Gasteiger partial charge in [0.25, 0.3) is 6.71 Å². The standard InChI is InChI=1S/C14H15BN4/c1-11-13-9-15(10-16)6-4-8-19(13)18-14(11)12-5-2-3-7-17-12/h2-3,5,7H,4,6,8-9H2,1H3. The molecule has 0 radical (unpaired) electrons. The maximum absolute atomic E-state index is 9.16. The first-order chi connectivity index (χ1) is 9.29. The summed E-state index contributed by atoms with van der Waals surface area (Å²) >= 11 is 0. The molecular weight excluding hydrogens is 235 g/mol. The fourth-order valence-electron chi connectivity index (χ4n) is 2.71. The Morgan fingerprint density at radius 3 is 3.05 bits per heavy atom. The number of fused-ring (bicyclic) bond motifs is 1. The molecule has 5 heteroatoms. The summed E-state index contributed by atoms with van der Waals surface area (Å²) in [4.78, 5) is 4.38. The number of aryl methyl sites for hydroxylation is 1. The van der Waals surface area contributed by atoms with Gasteiger partial charge in [0.15, 0.2) is 0 Å². The van der Waals surface area contributed by atoms with Gasteiger partial charge in [-0.05, 0) is 37.4 Å². The molecule has 0 atom stereocenters. The average molecular weight is 250 g/mol. The Morgan fingerprint density at radius 2 is 2.32 bits per heavy atom. The fourth-order valence-corrected chi connectivity index (χ4v) is 2.71. The van der Waals surface area contributed by atoms with Crippen molar-refractivity contribution in [3.8, 4) is 17.4 Å². The Morgan fingerprint density at radius 1 is 1.42 bits per heavy atom. The van der Waals surface area contributed by atoms with Crippen molar-refractivity contribution in [2.45, 2.75) is 32.5 Å². The summed E-state index contributed by atoms with van der Waals surface area (Å²) in [5, 5.41) is 13.9. The van der Waals surface area contributed by atoms with Gasteiger partial charge in [0.05, 0.1) is 5.69 Å². The van der Waals surface area contributed by atoms with Crippen LogP contribution in [-0.2, 0) is 12.9 Å². The van der Waals surface area contributed by atoms with E-state index < -0.39 is 0 Å². The molecule has 94 valence electrons. The minimum atomic E-state index is 0.119. The second-order valence-corrected chi connectivity index (χ2v) is 5.03. The van der Waals surface area contributed by atoms with E-state index in [1.165, 1.54) is 11.3 Å². The van der Waals surface area contributed by atoms with Gasteiger partial charge in [0.1, 0.15) is 5.69 Å². The molecule has 0 saturated carbocycles. The van der Waals surface area contributed by atoms with Crippen molar-refractivity contribution in [2.75, 3.05) is 0 Å². The molecule has 0 aromatic carbocycles. The molecular formula is C14H15BN4. The predicted octanol–water partition coefficient (Wildman–Crippen LogP) is 2.30. The van der Waals surface area contributed by atoms with Crippen LogP contribution >= 0.6 is 0 Å². The Balaban J connectivity index is 2.05. The second kappa shape index (κ2) is 4.89. The molecule has 3 rings (SSSR count). The summed E-state index contributed by atoms with van der Waals surface area (Å²) in [6.07, 6.45) is 4.59. The van der Waals surface area contributed by atoms with Gasteiger partial charge in [-0.15, -0.1) is 0 Å². The molecule has 1 aliphatic heterocycles. The minimum absolute atomic E-state index is 0.119. The third kappa shape index (κ3) is 2.14. The van der Waals surface area contributed by atoms with Crippen LogP contribution in [-0.4, -0.2) is 21.5 Å². The SMILES string of the molecule is Cc1c(-c2ccccn2)nn2c1CB(C#N)CCC2. The molecule has 0 amide bonds. The molecule has 0 fully saturated rings. The molecule has 0 saturated heterocycles. The van der Waals surface area contributed by atoms with E-state index in [0.29, 0.717) is 0 Å². The molecule has 0 aliphatic carbocycles. The van der Waals surface area contributed by atoms with Gasteiger partial charge in [-0.3, -0.25) is 9.67 Å². The summed E-state index contributed by atoms with van der Waals surface area (Å²) in [5.41, 5.74) is 4.23. The molecule has 3 heterocycles. The lowest BCUT2D eigenvalue weighted by Gasteiger charge is -2.02. The van der Waals surface area contributed by atoms with Crippen molar-refractivity contribution in [1.29, 1.82) is 5.26 Å². The summed E-state index contributed by atoms with van der Waals surface area (Å²) in [6, 6.07) is 5.87. The lowest BCUT2D eigenvalue weighted by Crippen LogP contribution is -2.13. The Kier molecular flexibility index (Phi) is 3.08. The highest BCUT2D eigenvalue weighted by Gasteiger charge is 2.25. The topological polar surface area (TPSA) is 54.5 Å². The van der Waals surface area contributed by atoms with E-state index in [2.05, 4.69) is 22.6 Å². The van der Waals surface area contributed by atoms with E-state index in [0.717, 1.165) is 37.0 Å². The highest BCUT2D eigenvalue weighted by molar-refractivity contribution is 6.66. The summed E-state index contributed by atoms with van der Waals surface area (Å²) in [7, 11) is 0. The zero-order chi connectivity index (χ0) is 13.2. The molecule has 0 unspecified atom stereocenters. The number of hydrogen-bond donors (Lipinski definition) is 0. The van der Waals surface area contributed by atoms with Crippen LogP contribution in [0, 0.1) is 18.2 Å². The van der Waals surface area contributed by atoms with E-state index in [1.807, 2.05) is 18.2 Å². The molecule has 0 bridgehead atoms. The lowest BCUT2D eigenvalue weighted by molar-refractivity contribution is 0.593. The zero-order valence-electron chi connectivity index (χ0n) is 11.0. The van der Waals surface area contributed by atoms with Crippen LogP contribution < -0.4 is 0 Å². The normalized spacial score (nSPS) is 14.6. The number of nitriles is 1. The van der Waals surface area contributed by atoms with Crippen LogP contribution in [0.2, 0.25) is 6.32 Å². The fraction of sp³-hybridized carbons (Fsp3) is 0.357. The second-order valence-electron chi connectivity index (χ2n) is 5.03. The van der Waals surface area contributed by atoms with Gasteiger partial charge in [0, 0.05) is 24.4 Å². The van der Waals surface area contributed by atoms with E-state index in [4.69, 9.17) is 10.4 Å². The number of hydrogen-bond acceptors (Lipinski definition) is 3. The predicted molar refractivity (Wildman–Crippen MR) is 74.7 cm³/mol. The first-order valence-electron chi connectivity index (χ1n) is 6.67. The van der Waals surface area contributed by atoms with Crippen molar-refractivity contribution >= 4 is 6.71 Å². The molecule has 2 aromatic rings. The van der Waals surface area contributed by atoms with Gasteiger partial charge >= 0.3 is 0 Å². The van der Waals surface area contributed by atoms with Crippen LogP contribution in [0.3, 0.4) is 0 Å². The van der Waals surface area contributed by atoms with Crippen molar-refractivity contribution in [1.82, 2.24) is 14.8 Å². The number of pyridine rings is 1. The maximum atomic E-state index is 9.16. The van der Waals surface area contributed by atoms with E-state index >= 15 is 0 Å². The number of nitrogens with zero attached hydrogens (tertiary/aromatic N) is 4. The van der Waals surface area contributed by atoms with Gasteiger partial charge in [0.2, 0.25) is 0 Å². The van der Waals surface area contributed by atoms with Crippen LogP contribution in [0.5, 0.6) is 0 Å². The lowest BCUT2D eigenvalue weighted by atomic mass is 9.45. The zero-order valence-corrected chi connectivity index (χ0v) is 11.0. The highest BCUT2D eigenvalue weighted by atomic mass is 15.3. The van der Waals surface area contributed by atoms with E-state index in [-0.39, 0.29) is 6.71 Å². The van der Waals surface area contributed by atoms with Crippen LogP contribution in [0.25, 0.3) is 11.4 Å². The summed E-state index contributed by atoms with van der Waals surface area (Å²) in [5.74, 6) is 2.40. The van der Waals surface area contributed by atoms with Crippen LogP contribution in [0.4, 0.5) is 0 Å². The monoisotopic (exact) mass is 250 g/mol. The first-order valence-corrected chi connectivity index (χ1v) is 6.67. The Labute approximate surface area is 113 Å². The van der Waals surface area contributed by atoms with Gasteiger partial charge < -0.3 is 0 Å². The molecule has 4 nitrogen and oxygen atoms in total. The first kappa shape index (κ1) is 12.0. The van der Waals surface area contributed by atoms with Crippen molar-refractivity contribution in [3.63, 3.8) is 0 Å². The quantitative estimate of drug-likeness (QED) is 0.729. The van der Waals surface area contributed by atoms with Gasteiger partial charge in [-0.25, -0.2) is 5.26 Å². The molecule has 1 aliphatic rings. The summed E-state index contributed by atoms with van der Waals surface area (Å²) < 4.78 is 2.07. The highest BCUT2D eigenvalue weighted by Crippen LogP contribution is 2.26. The average Bonchev–Trinajstić information content (AvgIpc) is 2.65. The van der Waals surface area contributed by atoms with E-state index in [9.17, 15) is 0 Å². The molecule has 0 spiro atoms. The van der Waals surface area contributed by atoms with Crippen LogP contribution in [0.1, 0.15) is 17.7 Å². The Hall–Kier alpha value is -2.09. The molecule has 0 N–H and O–H groups in total. The van der Waals surface area contributed by atoms with Crippen molar-refractivity contribution < 1.29 is 0 Å². The van der Waals surface area contributed by atoms with Crippen molar-refractivity contribution in [2.24, 2.45) is 0 Å². The van der Waals surface area contributed by atoms with Gasteiger partial charge in [-0.2, -0.15) is 5.10 Å². The smallest absolute Gasteiger partial charge is 0.269 e. The Bertz CT molecular complexity index is 627. The largest absolute Gasteiger partial charge is 0.273 e.